The van der Waals surface area contributed by atoms with E-state index in [9.17, 15) is 4.79 Å². The van der Waals surface area contributed by atoms with Crippen LogP contribution in [-0.2, 0) is 19.1 Å². The van der Waals surface area contributed by atoms with Crippen LogP contribution in [0.25, 0.3) is 0 Å². The molecule has 122 valence electrons. The number of aliphatic carboxylic acids is 2. The monoisotopic (exact) mass is 311 g/mol. The molecule has 0 spiro atoms. The molecule has 0 aliphatic heterocycles. The predicted octanol–water partition coefficient (Wildman–Crippen LogP) is 1.41. The minimum atomic E-state index is -1.82. The zero-order valence-corrected chi connectivity index (χ0v) is 12.8. The van der Waals surface area contributed by atoms with Gasteiger partial charge in [-0.05, 0) is 31.9 Å². The van der Waals surface area contributed by atoms with Gasteiger partial charge in [0, 0.05) is 6.04 Å². The highest BCUT2D eigenvalue weighted by Gasteiger charge is 2.14. The Morgan fingerprint density at radius 1 is 1.18 bits per heavy atom. The van der Waals surface area contributed by atoms with Gasteiger partial charge in [0.15, 0.2) is 0 Å². The second kappa shape index (κ2) is 9.51. The van der Waals surface area contributed by atoms with Crippen LogP contribution in [0, 0.1) is 13.8 Å². The fourth-order valence-electron chi connectivity index (χ4n) is 1.75. The fraction of sp³-hybridized carbons (Fsp3) is 0.400. The van der Waals surface area contributed by atoms with Crippen molar-refractivity contribution >= 4 is 17.9 Å². The molecule has 0 aliphatic carbocycles. The molecule has 22 heavy (non-hydrogen) atoms. The molecule has 0 heterocycles. The molecule has 1 unspecified atom stereocenters. The van der Waals surface area contributed by atoms with Crippen molar-refractivity contribution < 1.29 is 29.3 Å². The predicted molar refractivity (Wildman–Crippen MR) is 79.4 cm³/mol. The molecule has 0 aromatic heterocycles. The first-order chi connectivity index (χ1) is 10.2. The van der Waals surface area contributed by atoms with E-state index in [0.29, 0.717) is 6.61 Å². The van der Waals surface area contributed by atoms with Crippen molar-refractivity contribution in [2.75, 3.05) is 6.61 Å². The van der Waals surface area contributed by atoms with Gasteiger partial charge in [-0.25, -0.2) is 9.59 Å². The minimum Gasteiger partial charge on any atom is -0.473 e. The number of carboxylic acid groups (broad SMARTS) is 2. The number of aryl methyl sites for hydroxylation is 2. The Labute approximate surface area is 128 Å². The third kappa shape index (κ3) is 7.39. The Morgan fingerprint density at radius 3 is 2.14 bits per heavy atom. The van der Waals surface area contributed by atoms with Crippen molar-refractivity contribution in [1.82, 2.24) is 0 Å². The van der Waals surface area contributed by atoms with Gasteiger partial charge in [0.1, 0.15) is 0 Å². The van der Waals surface area contributed by atoms with Gasteiger partial charge >= 0.3 is 17.9 Å². The Hall–Kier alpha value is -2.41. The summed E-state index contributed by atoms with van der Waals surface area (Å²) in [6.07, 6.45) is 0.234. The number of rotatable bonds is 4. The molecule has 0 bridgehead atoms. The summed E-state index contributed by atoms with van der Waals surface area (Å²) in [6.45, 7) is 6.24. The van der Waals surface area contributed by atoms with Crippen LogP contribution in [0.3, 0.4) is 0 Å². The number of benzene rings is 1. The Morgan fingerprint density at radius 2 is 1.73 bits per heavy atom. The molecule has 0 saturated carbocycles. The third-order valence-electron chi connectivity index (χ3n) is 2.70. The zero-order chi connectivity index (χ0) is 17.3. The Bertz CT molecular complexity index is 529. The molecule has 7 heteroatoms. The summed E-state index contributed by atoms with van der Waals surface area (Å²) in [7, 11) is 0. The topological polar surface area (TPSA) is 127 Å². The highest BCUT2D eigenvalue weighted by molar-refractivity contribution is 6.27. The van der Waals surface area contributed by atoms with E-state index in [0.717, 1.165) is 11.1 Å². The smallest absolute Gasteiger partial charge is 0.414 e. The summed E-state index contributed by atoms with van der Waals surface area (Å²) < 4.78 is 4.88. The number of hydrogen-bond donors (Lipinski definition) is 3. The third-order valence-corrected chi connectivity index (χ3v) is 2.70. The maximum absolute atomic E-state index is 11.3. The van der Waals surface area contributed by atoms with Crippen LogP contribution < -0.4 is 5.73 Å². The lowest BCUT2D eigenvalue weighted by molar-refractivity contribution is -0.159. The Balaban J connectivity index is 0.000000626. The lowest BCUT2D eigenvalue weighted by Gasteiger charge is -2.14. The highest BCUT2D eigenvalue weighted by atomic mass is 16.5. The van der Waals surface area contributed by atoms with Crippen molar-refractivity contribution in [3.05, 3.63) is 34.9 Å². The van der Waals surface area contributed by atoms with Gasteiger partial charge in [0.25, 0.3) is 0 Å². The van der Waals surface area contributed by atoms with Gasteiger partial charge in [0.2, 0.25) is 0 Å². The first kappa shape index (κ1) is 19.6. The van der Waals surface area contributed by atoms with Crippen LogP contribution in [0.4, 0.5) is 0 Å². The van der Waals surface area contributed by atoms with E-state index in [-0.39, 0.29) is 18.4 Å². The largest absolute Gasteiger partial charge is 0.473 e. The number of carbonyl (C=O) groups excluding carboxylic acids is 1. The normalized spacial score (nSPS) is 10.9. The second-order valence-corrected chi connectivity index (χ2v) is 4.59. The number of ether oxygens (including phenoxy) is 1. The number of esters is 1. The summed E-state index contributed by atoms with van der Waals surface area (Å²) in [5.74, 6) is -3.89. The van der Waals surface area contributed by atoms with Crippen LogP contribution >= 0.6 is 0 Å². The molecule has 0 amide bonds. The second-order valence-electron chi connectivity index (χ2n) is 4.59. The average molecular weight is 311 g/mol. The van der Waals surface area contributed by atoms with E-state index in [2.05, 4.69) is 6.07 Å². The molecular formula is C15H21NO6. The van der Waals surface area contributed by atoms with Crippen LogP contribution in [0.5, 0.6) is 0 Å². The van der Waals surface area contributed by atoms with Crippen LogP contribution in [0.1, 0.15) is 36.1 Å². The van der Waals surface area contributed by atoms with Gasteiger partial charge in [-0.15, -0.1) is 0 Å². The molecule has 4 N–H and O–H groups in total. The van der Waals surface area contributed by atoms with Crippen LogP contribution in [0.15, 0.2) is 18.2 Å². The fourth-order valence-corrected chi connectivity index (χ4v) is 1.75. The molecule has 0 aliphatic rings. The van der Waals surface area contributed by atoms with Crippen molar-refractivity contribution in [1.29, 1.82) is 0 Å². The summed E-state index contributed by atoms with van der Waals surface area (Å²) in [4.78, 5) is 29.5. The van der Waals surface area contributed by atoms with Gasteiger partial charge in [-0.3, -0.25) is 4.79 Å². The van der Waals surface area contributed by atoms with Crippen LogP contribution in [-0.4, -0.2) is 34.7 Å². The number of carbonyl (C=O) groups is 3. The number of carboxylic acids is 2. The molecule has 0 radical (unpaired) electrons. The molecule has 0 fully saturated rings. The number of nitrogens with two attached hydrogens (primary N) is 1. The standard InChI is InChI=1S/C13H19NO2.C2H2O4/c1-4-16-13(15)8-12(14)11-6-5-9(2)7-10(11)3;3-1(4)2(5)6/h5-7,12H,4,8,14H2,1-3H3;(H,3,4)(H,5,6). The Kier molecular flexibility index (Phi) is 8.47. The maximum Gasteiger partial charge on any atom is 0.414 e. The van der Waals surface area contributed by atoms with E-state index in [4.69, 9.17) is 30.3 Å². The van der Waals surface area contributed by atoms with Gasteiger partial charge < -0.3 is 20.7 Å². The molecule has 1 rings (SSSR count). The first-order valence-electron chi connectivity index (χ1n) is 6.63. The molecule has 1 atom stereocenters. The highest BCUT2D eigenvalue weighted by Crippen LogP contribution is 2.19. The van der Waals surface area contributed by atoms with Crippen molar-refractivity contribution in [3.8, 4) is 0 Å². The molecule has 7 nitrogen and oxygen atoms in total. The molecular weight excluding hydrogens is 290 g/mol. The quantitative estimate of drug-likeness (QED) is 0.566. The summed E-state index contributed by atoms with van der Waals surface area (Å²) in [5, 5.41) is 14.8. The van der Waals surface area contributed by atoms with E-state index in [1.807, 2.05) is 26.0 Å². The lowest BCUT2D eigenvalue weighted by atomic mass is 9.98. The van der Waals surface area contributed by atoms with E-state index in [1.165, 1.54) is 5.56 Å². The van der Waals surface area contributed by atoms with Gasteiger partial charge in [-0.1, -0.05) is 23.8 Å². The van der Waals surface area contributed by atoms with Crippen molar-refractivity contribution in [2.24, 2.45) is 5.73 Å². The summed E-state index contributed by atoms with van der Waals surface area (Å²) >= 11 is 0. The zero-order valence-electron chi connectivity index (χ0n) is 12.8. The average Bonchev–Trinajstić information content (AvgIpc) is 2.39. The summed E-state index contributed by atoms with van der Waals surface area (Å²) in [6, 6.07) is 5.78. The van der Waals surface area contributed by atoms with Crippen molar-refractivity contribution in [3.63, 3.8) is 0 Å². The molecule has 1 aromatic carbocycles. The van der Waals surface area contributed by atoms with E-state index >= 15 is 0 Å². The molecule has 0 saturated heterocycles. The van der Waals surface area contributed by atoms with Crippen LogP contribution in [0.2, 0.25) is 0 Å². The van der Waals surface area contributed by atoms with Crippen molar-refractivity contribution in [2.45, 2.75) is 33.2 Å². The first-order valence-corrected chi connectivity index (χ1v) is 6.63. The minimum absolute atomic E-state index is 0.234. The van der Waals surface area contributed by atoms with Gasteiger partial charge in [-0.2, -0.15) is 0 Å². The molecule has 1 aromatic rings. The number of hydrogen-bond acceptors (Lipinski definition) is 5. The maximum atomic E-state index is 11.3. The lowest BCUT2D eigenvalue weighted by Crippen LogP contribution is -2.18. The van der Waals surface area contributed by atoms with E-state index < -0.39 is 11.9 Å². The van der Waals surface area contributed by atoms with E-state index in [1.54, 1.807) is 6.92 Å². The SMILES string of the molecule is CCOC(=O)CC(N)c1ccc(C)cc1C.O=C(O)C(=O)O. The summed E-state index contributed by atoms with van der Waals surface area (Å²) in [5.41, 5.74) is 9.31. The van der Waals surface area contributed by atoms with Gasteiger partial charge in [0.05, 0.1) is 13.0 Å².